The first-order valence-corrected chi connectivity index (χ1v) is 9.96. The molecule has 4 nitrogen and oxygen atoms in total. The fourth-order valence-electron chi connectivity index (χ4n) is 4.60. The van der Waals surface area contributed by atoms with Crippen LogP contribution in [0.25, 0.3) is 6.08 Å². The summed E-state index contributed by atoms with van der Waals surface area (Å²) in [6, 6.07) is 4.36. The summed E-state index contributed by atoms with van der Waals surface area (Å²) in [5, 5.41) is 19.5. The molecule has 2 unspecified atom stereocenters. The van der Waals surface area contributed by atoms with E-state index in [1.54, 1.807) is 6.08 Å². The number of phenols is 2. The molecule has 1 fully saturated rings. The van der Waals surface area contributed by atoms with Crippen molar-refractivity contribution in [1.29, 1.82) is 0 Å². The van der Waals surface area contributed by atoms with Crippen molar-refractivity contribution >= 4 is 12.0 Å². The first kappa shape index (κ1) is 19.5. The Morgan fingerprint density at radius 1 is 1.30 bits per heavy atom. The summed E-state index contributed by atoms with van der Waals surface area (Å²) < 4.78 is 0. The molecule has 1 heterocycles. The number of carbonyl (C=O) groups excluding carboxylic acids is 1. The number of phenolic OH excluding ortho intramolecular Hbond substituents is 2. The molecule has 1 amide bonds. The van der Waals surface area contributed by atoms with E-state index in [1.807, 2.05) is 4.90 Å². The molecule has 1 aromatic carbocycles. The Morgan fingerprint density at radius 3 is 2.81 bits per heavy atom. The van der Waals surface area contributed by atoms with Gasteiger partial charge in [-0.2, -0.15) is 0 Å². The molecule has 146 valence electrons. The van der Waals surface area contributed by atoms with Crippen molar-refractivity contribution in [2.45, 2.75) is 46.5 Å². The van der Waals surface area contributed by atoms with Crippen LogP contribution >= 0.6 is 0 Å². The van der Waals surface area contributed by atoms with Gasteiger partial charge in [-0.25, -0.2) is 0 Å². The van der Waals surface area contributed by atoms with Gasteiger partial charge in [-0.3, -0.25) is 4.79 Å². The van der Waals surface area contributed by atoms with Crippen molar-refractivity contribution in [2.75, 3.05) is 13.1 Å². The Bertz CT molecular complexity index is 763. The topological polar surface area (TPSA) is 60.8 Å². The second-order valence-electron chi connectivity index (χ2n) is 8.68. The maximum absolute atomic E-state index is 12.7. The minimum atomic E-state index is 0.0496. The van der Waals surface area contributed by atoms with E-state index in [0.717, 1.165) is 32.4 Å². The van der Waals surface area contributed by atoms with Crippen molar-refractivity contribution in [1.82, 2.24) is 4.90 Å². The van der Waals surface area contributed by atoms with Gasteiger partial charge in [-0.15, -0.1) is 0 Å². The number of nitrogens with zero attached hydrogens (tertiary/aromatic N) is 1. The Labute approximate surface area is 162 Å². The molecule has 1 saturated heterocycles. The number of aromatic hydroxyl groups is 2. The Kier molecular flexibility index (Phi) is 5.64. The molecule has 0 radical (unpaired) electrons. The molecule has 1 aliphatic heterocycles. The SMILES string of the molecule is CC1C=CCC(C)(C)C1CCCN1CCC(=Cc2cc(O)ccc2O)C1=O. The minimum absolute atomic E-state index is 0.0496. The molecule has 0 bridgehead atoms. The zero-order valence-electron chi connectivity index (χ0n) is 16.6. The summed E-state index contributed by atoms with van der Waals surface area (Å²) in [5.41, 5.74) is 1.51. The van der Waals surface area contributed by atoms with Crippen molar-refractivity contribution in [2.24, 2.45) is 17.3 Å². The van der Waals surface area contributed by atoms with E-state index in [4.69, 9.17) is 0 Å². The molecule has 0 spiro atoms. The number of benzene rings is 1. The second kappa shape index (κ2) is 7.79. The summed E-state index contributed by atoms with van der Waals surface area (Å²) in [4.78, 5) is 14.6. The van der Waals surface area contributed by atoms with Crippen LogP contribution in [0.1, 0.15) is 52.0 Å². The minimum Gasteiger partial charge on any atom is -0.508 e. The smallest absolute Gasteiger partial charge is 0.249 e. The molecule has 2 atom stereocenters. The van der Waals surface area contributed by atoms with Crippen LogP contribution in [-0.2, 0) is 4.79 Å². The molecule has 1 aliphatic carbocycles. The number of hydrogen-bond acceptors (Lipinski definition) is 3. The Balaban J connectivity index is 1.58. The predicted molar refractivity (Wildman–Crippen MR) is 108 cm³/mol. The van der Waals surface area contributed by atoms with E-state index < -0.39 is 0 Å². The number of amides is 1. The van der Waals surface area contributed by atoms with Gasteiger partial charge in [0.05, 0.1) is 0 Å². The lowest BCUT2D eigenvalue weighted by atomic mass is 9.65. The predicted octanol–water partition coefficient (Wildman–Crippen LogP) is 4.73. The van der Waals surface area contributed by atoms with Crippen molar-refractivity contribution < 1.29 is 15.0 Å². The van der Waals surface area contributed by atoms with Crippen LogP contribution in [0.4, 0.5) is 0 Å². The number of hydrogen-bond donors (Lipinski definition) is 2. The first-order valence-electron chi connectivity index (χ1n) is 9.96. The summed E-state index contributed by atoms with van der Waals surface area (Å²) in [6.07, 6.45) is 10.3. The average molecular weight is 370 g/mol. The Hall–Kier alpha value is -2.23. The monoisotopic (exact) mass is 369 g/mol. The summed E-state index contributed by atoms with van der Waals surface area (Å²) >= 11 is 0. The van der Waals surface area contributed by atoms with Crippen LogP contribution < -0.4 is 0 Å². The van der Waals surface area contributed by atoms with E-state index in [0.29, 0.717) is 34.8 Å². The standard InChI is InChI=1S/C23H31NO3/c1-16-6-4-11-23(2,3)20(16)7-5-12-24-13-10-17(22(24)27)14-18-15-19(25)8-9-21(18)26/h4,6,8-9,14-16,20,25-26H,5,7,10-13H2,1-3H3. The molecule has 27 heavy (non-hydrogen) atoms. The maximum atomic E-state index is 12.7. The van der Waals surface area contributed by atoms with E-state index >= 15 is 0 Å². The largest absolute Gasteiger partial charge is 0.508 e. The molecular formula is C23H31NO3. The van der Waals surface area contributed by atoms with E-state index in [9.17, 15) is 15.0 Å². The highest BCUT2D eigenvalue weighted by Gasteiger charge is 2.34. The van der Waals surface area contributed by atoms with Gasteiger partial charge >= 0.3 is 0 Å². The lowest BCUT2D eigenvalue weighted by Gasteiger charge is -2.40. The van der Waals surface area contributed by atoms with Gasteiger partial charge in [-0.1, -0.05) is 32.9 Å². The lowest BCUT2D eigenvalue weighted by Crippen LogP contribution is -2.32. The Morgan fingerprint density at radius 2 is 2.07 bits per heavy atom. The third-order valence-corrected chi connectivity index (χ3v) is 6.22. The molecule has 1 aromatic rings. The van der Waals surface area contributed by atoms with Gasteiger partial charge in [0, 0.05) is 24.2 Å². The van der Waals surface area contributed by atoms with Crippen molar-refractivity contribution in [3.63, 3.8) is 0 Å². The van der Waals surface area contributed by atoms with E-state index in [2.05, 4.69) is 32.9 Å². The highest BCUT2D eigenvalue weighted by atomic mass is 16.3. The van der Waals surface area contributed by atoms with Crippen LogP contribution in [0.3, 0.4) is 0 Å². The van der Waals surface area contributed by atoms with Gasteiger partial charge in [0.2, 0.25) is 5.91 Å². The highest BCUT2D eigenvalue weighted by molar-refractivity contribution is 6.00. The third kappa shape index (κ3) is 4.37. The average Bonchev–Trinajstić information content (AvgIpc) is 2.94. The second-order valence-corrected chi connectivity index (χ2v) is 8.68. The van der Waals surface area contributed by atoms with Gasteiger partial charge in [-0.05, 0) is 67.2 Å². The third-order valence-electron chi connectivity index (χ3n) is 6.22. The molecule has 0 aromatic heterocycles. The molecular weight excluding hydrogens is 338 g/mol. The van der Waals surface area contributed by atoms with E-state index in [-0.39, 0.29) is 17.4 Å². The number of likely N-dealkylation sites (tertiary alicyclic amines) is 1. The number of carbonyl (C=O) groups is 1. The first-order chi connectivity index (χ1) is 12.8. The van der Waals surface area contributed by atoms with Crippen LogP contribution in [0.2, 0.25) is 0 Å². The van der Waals surface area contributed by atoms with Crippen LogP contribution in [0, 0.1) is 17.3 Å². The normalized spacial score (nSPS) is 26.1. The van der Waals surface area contributed by atoms with Gasteiger partial charge < -0.3 is 15.1 Å². The van der Waals surface area contributed by atoms with Crippen LogP contribution in [-0.4, -0.2) is 34.1 Å². The fraction of sp³-hybridized carbons (Fsp3) is 0.522. The fourth-order valence-corrected chi connectivity index (χ4v) is 4.60. The molecule has 3 rings (SSSR count). The maximum Gasteiger partial charge on any atom is 0.249 e. The van der Waals surface area contributed by atoms with Gasteiger partial charge in [0.15, 0.2) is 0 Å². The molecule has 4 heteroatoms. The highest BCUT2D eigenvalue weighted by Crippen LogP contribution is 2.43. The van der Waals surface area contributed by atoms with Crippen molar-refractivity contribution in [3.8, 4) is 11.5 Å². The van der Waals surface area contributed by atoms with Crippen LogP contribution in [0.15, 0.2) is 35.9 Å². The van der Waals surface area contributed by atoms with Gasteiger partial charge in [0.25, 0.3) is 0 Å². The molecule has 0 saturated carbocycles. The summed E-state index contributed by atoms with van der Waals surface area (Å²) in [5.74, 6) is 1.45. The number of rotatable bonds is 5. The number of allylic oxidation sites excluding steroid dienone is 2. The van der Waals surface area contributed by atoms with Crippen molar-refractivity contribution in [3.05, 3.63) is 41.5 Å². The lowest BCUT2D eigenvalue weighted by molar-refractivity contribution is -0.124. The van der Waals surface area contributed by atoms with Crippen LogP contribution in [0.5, 0.6) is 11.5 Å². The van der Waals surface area contributed by atoms with Gasteiger partial charge in [0.1, 0.15) is 11.5 Å². The zero-order valence-corrected chi connectivity index (χ0v) is 16.6. The molecule has 2 N–H and O–H groups in total. The molecule has 2 aliphatic rings. The van der Waals surface area contributed by atoms with E-state index in [1.165, 1.54) is 18.2 Å². The zero-order chi connectivity index (χ0) is 19.6. The quantitative estimate of drug-likeness (QED) is 0.448. The summed E-state index contributed by atoms with van der Waals surface area (Å²) in [6.45, 7) is 8.51. The summed E-state index contributed by atoms with van der Waals surface area (Å²) in [7, 11) is 0.